The molecule has 0 unspecified atom stereocenters. The van der Waals surface area contributed by atoms with E-state index in [9.17, 15) is 9.59 Å². The van der Waals surface area contributed by atoms with Crippen molar-refractivity contribution in [2.75, 3.05) is 6.61 Å². The summed E-state index contributed by atoms with van der Waals surface area (Å²) in [5, 5.41) is 2.88. The molecule has 0 fully saturated rings. The largest absolute Gasteiger partial charge is 0.452 e. The van der Waals surface area contributed by atoms with E-state index in [4.69, 9.17) is 4.74 Å². The van der Waals surface area contributed by atoms with Crippen LogP contribution in [-0.2, 0) is 22.4 Å². The number of halogens is 1. The third-order valence-electron chi connectivity index (χ3n) is 4.52. The third-order valence-corrected chi connectivity index (χ3v) is 4.96. The maximum Gasteiger partial charge on any atom is 0.340 e. The van der Waals surface area contributed by atoms with Crippen molar-refractivity contribution in [1.82, 2.24) is 10.3 Å². The molecule has 1 aromatic heterocycles. The molecule has 0 aliphatic heterocycles. The molecule has 1 aliphatic carbocycles. The van der Waals surface area contributed by atoms with E-state index in [1.165, 1.54) is 30.2 Å². The lowest BCUT2D eigenvalue weighted by Crippen LogP contribution is -2.31. The zero-order chi connectivity index (χ0) is 18.5. The smallest absolute Gasteiger partial charge is 0.340 e. The molecule has 5 nitrogen and oxygen atoms in total. The predicted molar refractivity (Wildman–Crippen MR) is 102 cm³/mol. The van der Waals surface area contributed by atoms with Gasteiger partial charge in [-0.3, -0.25) is 9.78 Å². The first-order chi connectivity index (χ1) is 12.5. The Morgan fingerprint density at radius 1 is 1.19 bits per heavy atom. The summed E-state index contributed by atoms with van der Waals surface area (Å²) in [6.45, 7) is 1.61. The Labute approximate surface area is 161 Å². The van der Waals surface area contributed by atoms with Crippen LogP contribution in [0.25, 0.3) is 0 Å². The fraction of sp³-hybridized carbons (Fsp3) is 0.350. The molecule has 0 radical (unpaired) electrons. The second kappa shape index (κ2) is 8.45. The molecule has 1 N–H and O–H groups in total. The second-order valence-electron chi connectivity index (χ2n) is 6.49. The minimum absolute atomic E-state index is 0.138. The van der Waals surface area contributed by atoms with E-state index in [2.05, 4.69) is 44.4 Å². The molecule has 6 heteroatoms. The molecule has 1 aliphatic rings. The number of nitrogens with one attached hydrogen (secondary N) is 1. The quantitative estimate of drug-likeness (QED) is 0.753. The molecule has 1 heterocycles. The van der Waals surface area contributed by atoms with Gasteiger partial charge in [0.25, 0.3) is 5.91 Å². The van der Waals surface area contributed by atoms with Crippen LogP contribution in [0.1, 0.15) is 52.9 Å². The molecule has 3 rings (SSSR count). The molecule has 2 aromatic rings. The van der Waals surface area contributed by atoms with E-state index in [0.717, 1.165) is 18.4 Å². The third kappa shape index (κ3) is 4.69. The summed E-state index contributed by atoms with van der Waals surface area (Å²) in [6.07, 6.45) is 7.68. The van der Waals surface area contributed by atoms with Crippen molar-refractivity contribution in [3.05, 3.63) is 63.4 Å². The van der Waals surface area contributed by atoms with E-state index in [1.54, 1.807) is 12.3 Å². The number of amides is 1. The number of rotatable bonds is 5. The van der Waals surface area contributed by atoms with Crippen LogP contribution in [-0.4, -0.2) is 23.5 Å². The minimum Gasteiger partial charge on any atom is -0.452 e. The SMILES string of the molecule is C[C@@H](NC(=O)COC(=O)c1cncc(Br)c1)c1ccc2c(c1)CCCC2. The van der Waals surface area contributed by atoms with Gasteiger partial charge in [-0.25, -0.2) is 4.79 Å². The first-order valence-corrected chi connectivity index (χ1v) is 9.51. The van der Waals surface area contributed by atoms with E-state index >= 15 is 0 Å². The minimum atomic E-state index is -0.574. The van der Waals surface area contributed by atoms with Crippen molar-refractivity contribution in [2.24, 2.45) is 0 Å². The van der Waals surface area contributed by atoms with Gasteiger partial charge in [-0.1, -0.05) is 18.2 Å². The van der Waals surface area contributed by atoms with Crippen LogP contribution in [0.4, 0.5) is 0 Å². The predicted octanol–water partition coefficient (Wildman–Crippen LogP) is 3.76. The number of fused-ring (bicyclic) bond motifs is 1. The van der Waals surface area contributed by atoms with E-state index < -0.39 is 5.97 Å². The first-order valence-electron chi connectivity index (χ1n) is 8.71. The van der Waals surface area contributed by atoms with Gasteiger partial charge in [-0.15, -0.1) is 0 Å². The molecule has 0 saturated carbocycles. The van der Waals surface area contributed by atoms with Gasteiger partial charge in [0.1, 0.15) is 0 Å². The van der Waals surface area contributed by atoms with Gasteiger partial charge < -0.3 is 10.1 Å². The van der Waals surface area contributed by atoms with Gasteiger partial charge in [0.15, 0.2) is 6.61 Å². The Morgan fingerprint density at radius 3 is 2.73 bits per heavy atom. The molecule has 0 bridgehead atoms. The Hall–Kier alpha value is -2.21. The van der Waals surface area contributed by atoms with Crippen LogP contribution in [0, 0.1) is 0 Å². The Kier molecular flexibility index (Phi) is 6.04. The number of hydrogen-bond donors (Lipinski definition) is 1. The number of aryl methyl sites for hydroxylation is 2. The molecule has 1 amide bonds. The number of carbonyl (C=O) groups excluding carboxylic acids is 2. The first kappa shape index (κ1) is 18.6. The summed E-state index contributed by atoms with van der Waals surface area (Å²) in [5.41, 5.74) is 4.16. The van der Waals surface area contributed by atoms with Crippen molar-refractivity contribution < 1.29 is 14.3 Å². The lowest BCUT2D eigenvalue weighted by atomic mass is 9.89. The number of nitrogens with zero attached hydrogens (tertiary/aromatic N) is 1. The van der Waals surface area contributed by atoms with E-state index in [-0.39, 0.29) is 18.6 Å². The highest BCUT2D eigenvalue weighted by atomic mass is 79.9. The Balaban J connectivity index is 1.53. The number of aromatic nitrogens is 1. The standard InChI is InChI=1S/C20H21BrN2O3/c1-13(15-7-6-14-4-2-3-5-16(14)8-15)23-19(24)12-26-20(25)17-9-18(21)11-22-10-17/h6-11,13H,2-5,12H2,1H3,(H,23,24)/t13-/m1/s1. The van der Waals surface area contributed by atoms with Crippen molar-refractivity contribution >= 4 is 27.8 Å². The summed E-state index contributed by atoms with van der Waals surface area (Å²) in [5.74, 6) is -0.901. The summed E-state index contributed by atoms with van der Waals surface area (Å²) in [7, 11) is 0. The van der Waals surface area contributed by atoms with E-state index in [1.807, 2.05) is 6.92 Å². The number of esters is 1. The molecule has 0 spiro atoms. The highest BCUT2D eigenvalue weighted by Gasteiger charge is 2.16. The van der Waals surface area contributed by atoms with Gasteiger partial charge in [-0.05, 0) is 71.3 Å². The van der Waals surface area contributed by atoms with Crippen LogP contribution in [0.3, 0.4) is 0 Å². The van der Waals surface area contributed by atoms with Gasteiger partial charge in [-0.2, -0.15) is 0 Å². The molecule has 1 aromatic carbocycles. The van der Waals surface area contributed by atoms with E-state index in [0.29, 0.717) is 10.0 Å². The van der Waals surface area contributed by atoms with Crippen molar-refractivity contribution in [3.8, 4) is 0 Å². The van der Waals surface area contributed by atoms with Crippen LogP contribution in [0.2, 0.25) is 0 Å². The van der Waals surface area contributed by atoms with Gasteiger partial charge in [0.2, 0.25) is 0 Å². The summed E-state index contributed by atoms with van der Waals surface area (Å²) < 4.78 is 5.74. The lowest BCUT2D eigenvalue weighted by molar-refractivity contribution is -0.124. The Morgan fingerprint density at radius 2 is 1.96 bits per heavy atom. The van der Waals surface area contributed by atoms with Crippen molar-refractivity contribution in [3.63, 3.8) is 0 Å². The number of hydrogen-bond acceptors (Lipinski definition) is 4. The van der Waals surface area contributed by atoms with Crippen LogP contribution >= 0.6 is 15.9 Å². The highest BCUT2D eigenvalue weighted by molar-refractivity contribution is 9.10. The van der Waals surface area contributed by atoms with Crippen molar-refractivity contribution in [1.29, 1.82) is 0 Å². The summed E-state index contributed by atoms with van der Waals surface area (Å²) in [6, 6.07) is 7.86. The average molecular weight is 417 g/mol. The zero-order valence-electron chi connectivity index (χ0n) is 14.6. The summed E-state index contributed by atoms with van der Waals surface area (Å²) in [4.78, 5) is 28.0. The molecule has 0 saturated heterocycles. The number of pyridine rings is 1. The van der Waals surface area contributed by atoms with Gasteiger partial charge >= 0.3 is 5.97 Å². The molecule has 1 atom stereocenters. The number of carbonyl (C=O) groups is 2. The molecular weight excluding hydrogens is 396 g/mol. The molecule has 26 heavy (non-hydrogen) atoms. The monoisotopic (exact) mass is 416 g/mol. The zero-order valence-corrected chi connectivity index (χ0v) is 16.2. The number of ether oxygens (including phenoxy) is 1. The second-order valence-corrected chi connectivity index (χ2v) is 7.41. The fourth-order valence-corrected chi connectivity index (χ4v) is 3.49. The normalized spacial score (nSPS) is 14.2. The van der Waals surface area contributed by atoms with Crippen LogP contribution < -0.4 is 5.32 Å². The number of benzene rings is 1. The Bertz CT molecular complexity index is 822. The van der Waals surface area contributed by atoms with Crippen LogP contribution in [0.5, 0.6) is 0 Å². The molecular formula is C20H21BrN2O3. The molecule has 136 valence electrons. The lowest BCUT2D eigenvalue weighted by Gasteiger charge is -2.20. The van der Waals surface area contributed by atoms with Crippen molar-refractivity contribution in [2.45, 2.75) is 38.6 Å². The highest BCUT2D eigenvalue weighted by Crippen LogP contribution is 2.24. The van der Waals surface area contributed by atoms with Gasteiger partial charge in [0.05, 0.1) is 11.6 Å². The average Bonchev–Trinajstić information content (AvgIpc) is 2.65. The summed E-state index contributed by atoms with van der Waals surface area (Å²) >= 11 is 3.25. The van der Waals surface area contributed by atoms with Gasteiger partial charge in [0, 0.05) is 16.9 Å². The fourth-order valence-electron chi connectivity index (χ4n) is 3.13. The topological polar surface area (TPSA) is 68.3 Å². The maximum atomic E-state index is 12.1. The maximum absolute atomic E-state index is 12.1. The van der Waals surface area contributed by atoms with Crippen LogP contribution in [0.15, 0.2) is 41.1 Å².